The highest BCUT2D eigenvalue weighted by Crippen LogP contribution is 2.23. The second kappa shape index (κ2) is 5.52. The Labute approximate surface area is 116 Å². The Hall–Kier alpha value is -1.69. The van der Waals surface area contributed by atoms with E-state index in [4.69, 9.17) is 4.74 Å². The van der Waals surface area contributed by atoms with E-state index < -0.39 is 0 Å². The predicted octanol–water partition coefficient (Wildman–Crippen LogP) is 2.29. The molecule has 0 spiro atoms. The first-order valence-electron chi connectivity index (χ1n) is 6.43. The number of aromatic nitrogens is 3. The van der Waals surface area contributed by atoms with Crippen LogP contribution < -0.4 is 9.64 Å². The van der Waals surface area contributed by atoms with E-state index in [0.717, 1.165) is 42.6 Å². The van der Waals surface area contributed by atoms with Gasteiger partial charge in [0.05, 0.1) is 12.7 Å². The van der Waals surface area contributed by atoms with Gasteiger partial charge in [0.15, 0.2) is 0 Å². The van der Waals surface area contributed by atoms with E-state index in [-0.39, 0.29) is 6.10 Å². The summed E-state index contributed by atoms with van der Waals surface area (Å²) in [5.74, 6) is 1.68. The largest absolute Gasteiger partial charge is 0.487 e. The van der Waals surface area contributed by atoms with Gasteiger partial charge in [0.1, 0.15) is 17.7 Å². The Kier molecular flexibility index (Phi) is 3.59. The molecule has 2 aromatic rings. The van der Waals surface area contributed by atoms with Gasteiger partial charge in [0, 0.05) is 24.3 Å². The van der Waals surface area contributed by atoms with Crippen molar-refractivity contribution in [3.63, 3.8) is 0 Å². The molecule has 1 atom stereocenters. The molecule has 5 nitrogen and oxygen atoms in total. The summed E-state index contributed by atoms with van der Waals surface area (Å²) in [5, 5.41) is 0.997. The van der Waals surface area contributed by atoms with Crippen molar-refractivity contribution in [3.8, 4) is 5.75 Å². The standard InChI is InChI=1S/C13H16N4OS/c1-10-15-13(19-16-10)17-7-3-5-12(9-17)18-11-4-2-6-14-8-11/h2,4,6,8,12H,3,5,7,9H2,1H3. The monoisotopic (exact) mass is 276 g/mol. The van der Waals surface area contributed by atoms with Crippen LogP contribution in [0.4, 0.5) is 5.13 Å². The van der Waals surface area contributed by atoms with E-state index in [2.05, 4.69) is 19.2 Å². The van der Waals surface area contributed by atoms with Gasteiger partial charge in [-0.2, -0.15) is 4.37 Å². The molecule has 0 N–H and O–H groups in total. The number of hydrogen-bond donors (Lipinski definition) is 0. The van der Waals surface area contributed by atoms with Gasteiger partial charge in [0.2, 0.25) is 5.13 Å². The molecule has 2 aromatic heterocycles. The fourth-order valence-corrected chi connectivity index (χ4v) is 2.94. The van der Waals surface area contributed by atoms with Crippen LogP contribution in [-0.4, -0.2) is 33.5 Å². The van der Waals surface area contributed by atoms with E-state index in [1.54, 1.807) is 12.4 Å². The zero-order valence-corrected chi connectivity index (χ0v) is 11.6. The second-order valence-corrected chi connectivity index (χ2v) is 5.37. The maximum absolute atomic E-state index is 5.97. The molecule has 6 heteroatoms. The SMILES string of the molecule is Cc1nsc(N2CCCC(Oc3cccnc3)C2)n1. The number of ether oxygens (including phenoxy) is 1. The highest BCUT2D eigenvalue weighted by molar-refractivity contribution is 7.09. The molecule has 1 saturated heterocycles. The summed E-state index contributed by atoms with van der Waals surface area (Å²) in [4.78, 5) is 10.8. The lowest BCUT2D eigenvalue weighted by molar-refractivity contribution is 0.178. The average molecular weight is 276 g/mol. The maximum Gasteiger partial charge on any atom is 0.205 e. The molecule has 100 valence electrons. The topological polar surface area (TPSA) is 51.1 Å². The van der Waals surface area contributed by atoms with Gasteiger partial charge >= 0.3 is 0 Å². The lowest BCUT2D eigenvalue weighted by Crippen LogP contribution is -2.41. The van der Waals surface area contributed by atoms with E-state index in [1.807, 2.05) is 19.1 Å². The quantitative estimate of drug-likeness (QED) is 0.861. The lowest BCUT2D eigenvalue weighted by atomic mass is 10.1. The summed E-state index contributed by atoms with van der Waals surface area (Å²) in [7, 11) is 0. The third kappa shape index (κ3) is 3.01. The number of anilines is 1. The predicted molar refractivity (Wildman–Crippen MR) is 74.7 cm³/mol. The number of aryl methyl sites for hydroxylation is 1. The van der Waals surface area contributed by atoms with Gasteiger partial charge in [-0.25, -0.2) is 4.98 Å². The molecule has 1 aliphatic rings. The van der Waals surface area contributed by atoms with Crippen LogP contribution in [0, 0.1) is 6.92 Å². The molecule has 0 bridgehead atoms. The van der Waals surface area contributed by atoms with Crippen LogP contribution in [0.5, 0.6) is 5.75 Å². The van der Waals surface area contributed by atoms with Crippen molar-refractivity contribution in [1.82, 2.24) is 14.3 Å². The summed E-state index contributed by atoms with van der Waals surface area (Å²) >= 11 is 1.46. The van der Waals surface area contributed by atoms with Crippen molar-refractivity contribution in [2.45, 2.75) is 25.9 Å². The Bertz CT molecular complexity index is 530. The van der Waals surface area contributed by atoms with Crippen LogP contribution >= 0.6 is 11.5 Å². The molecular weight excluding hydrogens is 260 g/mol. The number of piperidine rings is 1. The van der Waals surface area contributed by atoms with Gasteiger partial charge in [-0.3, -0.25) is 4.98 Å². The van der Waals surface area contributed by atoms with Crippen LogP contribution in [0.1, 0.15) is 18.7 Å². The molecule has 3 rings (SSSR count). The van der Waals surface area contributed by atoms with Crippen LogP contribution in [0.15, 0.2) is 24.5 Å². The Morgan fingerprint density at radius 1 is 1.47 bits per heavy atom. The molecule has 0 radical (unpaired) electrons. The smallest absolute Gasteiger partial charge is 0.205 e. The number of hydrogen-bond acceptors (Lipinski definition) is 6. The molecule has 3 heterocycles. The van der Waals surface area contributed by atoms with Crippen LogP contribution in [0.2, 0.25) is 0 Å². The molecule has 0 aromatic carbocycles. The number of pyridine rings is 1. The van der Waals surface area contributed by atoms with Crippen molar-refractivity contribution < 1.29 is 4.74 Å². The normalized spacial score (nSPS) is 19.4. The second-order valence-electron chi connectivity index (χ2n) is 4.64. The van der Waals surface area contributed by atoms with Crippen molar-refractivity contribution >= 4 is 16.7 Å². The Morgan fingerprint density at radius 2 is 2.42 bits per heavy atom. The first kappa shape index (κ1) is 12.3. The zero-order valence-electron chi connectivity index (χ0n) is 10.8. The summed E-state index contributed by atoms with van der Waals surface area (Å²) < 4.78 is 10.2. The molecule has 0 amide bonds. The lowest BCUT2D eigenvalue weighted by Gasteiger charge is -2.32. The van der Waals surface area contributed by atoms with Gasteiger partial charge in [0.25, 0.3) is 0 Å². The summed E-state index contributed by atoms with van der Waals surface area (Å²) in [6.45, 7) is 3.82. The fourth-order valence-electron chi connectivity index (χ4n) is 2.23. The Morgan fingerprint density at radius 3 is 3.16 bits per heavy atom. The van der Waals surface area contributed by atoms with Crippen LogP contribution in [0.3, 0.4) is 0 Å². The minimum atomic E-state index is 0.196. The Balaban J connectivity index is 1.65. The molecule has 1 fully saturated rings. The summed E-state index contributed by atoms with van der Waals surface area (Å²) in [5.41, 5.74) is 0. The van der Waals surface area contributed by atoms with Gasteiger partial charge in [-0.05, 0) is 31.9 Å². The first-order valence-corrected chi connectivity index (χ1v) is 7.20. The molecule has 19 heavy (non-hydrogen) atoms. The highest BCUT2D eigenvalue weighted by Gasteiger charge is 2.23. The summed E-state index contributed by atoms with van der Waals surface area (Å²) in [6.07, 6.45) is 5.90. The fraction of sp³-hybridized carbons (Fsp3) is 0.462. The van der Waals surface area contributed by atoms with Crippen LogP contribution in [-0.2, 0) is 0 Å². The minimum Gasteiger partial charge on any atom is -0.487 e. The third-order valence-corrected chi connectivity index (χ3v) is 3.97. The number of nitrogens with zero attached hydrogens (tertiary/aromatic N) is 4. The van der Waals surface area contributed by atoms with Gasteiger partial charge < -0.3 is 9.64 Å². The van der Waals surface area contributed by atoms with Crippen molar-refractivity contribution in [1.29, 1.82) is 0 Å². The molecular formula is C13H16N4OS. The van der Waals surface area contributed by atoms with Crippen molar-refractivity contribution in [3.05, 3.63) is 30.4 Å². The number of rotatable bonds is 3. The van der Waals surface area contributed by atoms with E-state index in [9.17, 15) is 0 Å². The van der Waals surface area contributed by atoms with Gasteiger partial charge in [-0.15, -0.1) is 0 Å². The van der Waals surface area contributed by atoms with E-state index in [0.29, 0.717) is 0 Å². The zero-order chi connectivity index (χ0) is 13.1. The molecule has 1 aliphatic heterocycles. The van der Waals surface area contributed by atoms with E-state index in [1.165, 1.54) is 11.5 Å². The molecule has 0 saturated carbocycles. The maximum atomic E-state index is 5.97. The molecule has 1 unspecified atom stereocenters. The first-order chi connectivity index (χ1) is 9.31. The minimum absolute atomic E-state index is 0.196. The van der Waals surface area contributed by atoms with Crippen LogP contribution in [0.25, 0.3) is 0 Å². The highest BCUT2D eigenvalue weighted by atomic mass is 32.1. The van der Waals surface area contributed by atoms with E-state index >= 15 is 0 Å². The molecule has 0 aliphatic carbocycles. The third-order valence-electron chi connectivity index (χ3n) is 3.10. The van der Waals surface area contributed by atoms with Crippen molar-refractivity contribution in [2.24, 2.45) is 0 Å². The average Bonchev–Trinajstić information content (AvgIpc) is 2.87. The summed E-state index contributed by atoms with van der Waals surface area (Å²) in [6, 6.07) is 3.84. The van der Waals surface area contributed by atoms with Crippen molar-refractivity contribution in [2.75, 3.05) is 18.0 Å². The van der Waals surface area contributed by atoms with Gasteiger partial charge in [-0.1, -0.05) is 0 Å².